The number of halogens is 1. The number of rotatable bonds is 3. The van der Waals surface area contributed by atoms with E-state index < -0.39 is 11.6 Å². The van der Waals surface area contributed by atoms with Crippen LogP contribution in [0, 0.1) is 24.6 Å². The van der Waals surface area contributed by atoms with E-state index in [-0.39, 0.29) is 11.9 Å². The third-order valence-corrected chi connectivity index (χ3v) is 6.56. The van der Waals surface area contributed by atoms with Crippen LogP contribution < -0.4 is 10.6 Å². The molecule has 156 valence electrons. The van der Waals surface area contributed by atoms with Crippen molar-refractivity contribution in [2.75, 3.05) is 13.1 Å². The van der Waals surface area contributed by atoms with E-state index in [1.165, 1.54) is 18.6 Å². The molecule has 3 heterocycles. The van der Waals surface area contributed by atoms with Gasteiger partial charge < -0.3 is 15.7 Å². The van der Waals surface area contributed by atoms with Gasteiger partial charge in [0.2, 0.25) is 0 Å². The number of hydrogen-bond donors (Lipinski definition) is 4. The average molecular weight is 409 g/mol. The minimum atomic E-state index is -0.734. The van der Waals surface area contributed by atoms with Gasteiger partial charge in [0.15, 0.2) is 17.2 Å². The maximum atomic E-state index is 13.9. The van der Waals surface area contributed by atoms with E-state index in [9.17, 15) is 14.3 Å². The molecule has 0 spiro atoms. The summed E-state index contributed by atoms with van der Waals surface area (Å²) >= 11 is 0. The second-order valence-electron chi connectivity index (χ2n) is 8.33. The summed E-state index contributed by atoms with van der Waals surface area (Å²) in [4.78, 5) is 17.9. The van der Waals surface area contributed by atoms with Crippen molar-refractivity contribution in [3.05, 3.63) is 41.3 Å². The van der Waals surface area contributed by atoms with E-state index in [0.29, 0.717) is 45.4 Å². The third-order valence-electron chi connectivity index (χ3n) is 6.56. The second kappa shape index (κ2) is 7.36. The monoisotopic (exact) mass is 409 g/mol. The fourth-order valence-electron chi connectivity index (χ4n) is 4.76. The van der Waals surface area contributed by atoms with Crippen LogP contribution in [0.4, 0.5) is 4.39 Å². The molecule has 5 rings (SSSR count). The van der Waals surface area contributed by atoms with Gasteiger partial charge in [-0.15, -0.1) is 0 Å². The molecule has 3 aromatic rings. The van der Waals surface area contributed by atoms with Gasteiger partial charge >= 0.3 is 0 Å². The molecule has 7 nitrogen and oxygen atoms in total. The summed E-state index contributed by atoms with van der Waals surface area (Å²) in [7, 11) is 0. The quantitative estimate of drug-likeness (QED) is 0.533. The van der Waals surface area contributed by atoms with Crippen LogP contribution in [0.25, 0.3) is 22.3 Å². The average Bonchev–Trinajstić information content (AvgIpc) is 3.02. The Morgan fingerprint density at radius 1 is 1.27 bits per heavy atom. The number of benzene rings is 1. The van der Waals surface area contributed by atoms with Gasteiger partial charge in [-0.05, 0) is 68.8 Å². The van der Waals surface area contributed by atoms with Crippen molar-refractivity contribution in [1.29, 1.82) is 0 Å². The first-order valence-electron chi connectivity index (χ1n) is 10.4. The Morgan fingerprint density at radius 2 is 2.13 bits per heavy atom. The molecular weight excluding hydrogens is 385 g/mol. The summed E-state index contributed by atoms with van der Waals surface area (Å²) in [5.41, 5.74) is 2.55. The summed E-state index contributed by atoms with van der Waals surface area (Å²) in [5, 5.41) is 23.9. The topological polar surface area (TPSA) is 103 Å². The van der Waals surface area contributed by atoms with E-state index in [1.807, 2.05) is 6.92 Å². The molecule has 1 aliphatic carbocycles. The first-order chi connectivity index (χ1) is 14.5. The first-order valence-corrected chi connectivity index (χ1v) is 10.4. The zero-order valence-electron chi connectivity index (χ0n) is 16.7. The zero-order valence-corrected chi connectivity index (χ0v) is 16.7. The minimum absolute atomic E-state index is 0.0868. The van der Waals surface area contributed by atoms with Crippen LogP contribution in [-0.4, -0.2) is 45.3 Å². The molecule has 30 heavy (non-hydrogen) atoms. The van der Waals surface area contributed by atoms with Crippen LogP contribution in [-0.2, 0) is 0 Å². The number of carbonyl (C=O) groups is 1. The van der Waals surface area contributed by atoms with E-state index in [2.05, 4.69) is 25.8 Å². The van der Waals surface area contributed by atoms with Crippen LogP contribution >= 0.6 is 0 Å². The molecule has 2 aliphatic rings. The van der Waals surface area contributed by atoms with Gasteiger partial charge in [-0.1, -0.05) is 0 Å². The van der Waals surface area contributed by atoms with Crippen molar-refractivity contribution >= 4 is 16.9 Å². The van der Waals surface area contributed by atoms with Gasteiger partial charge in [-0.2, -0.15) is 5.10 Å². The predicted molar refractivity (Wildman–Crippen MR) is 111 cm³/mol. The van der Waals surface area contributed by atoms with Gasteiger partial charge in [0.05, 0.1) is 22.3 Å². The summed E-state index contributed by atoms with van der Waals surface area (Å²) in [6.07, 6.45) is 3.54. The largest absolute Gasteiger partial charge is 0.505 e. The van der Waals surface area contributed by atoms with E-state index in [0.717, 1.165) is 25.9 Å². The molecule has 1 amide bonds. The van der Waals surface area contributed by atoms with Gasteiger partial charge in [0.25, 0.3) is 5.91 Å². The Labute approximate surface area is 173 Å². The molecular formula is C22H24FN5O2. The third kappa shape index (κ3) is 3.21. The number of fused-ring (bicyclic) bond motifs is 2. The molecule has 3 unspecified atom stereocenters. The highest BCUT2D eigenvalue weighted by molar-refractivity contribution is 6.07. The Balaban J connectivity index is 1.53. The minimum Gasteiger partial charge on any atom is -0.505 e. The van der Waals surface area contributed by atoms with Crippen molar-refractivity contribution in [2.45, 2.75) is 32.2 Å². The maximum absolute atomic E-state index is 13.9. The molecule has 1 saturated carbocycles. The van der Waals surface area contributed by atoms with Crippen molar-refractivity contribution in [3.8, 4) is 17.0 Å². The molecule has 3 atom stereocenters. The van der Waals surface area contributed by atoms with Gasteiger partial charge in [0.1, 0.15) is 0 Å². The Hall–Kier alpha value is -3.00. The summed E-state index contributed by atoms with van der Waals surface area (Å²) in [6.45, 7) is 3.58. The highest BCUT2D eigenvalue weighted by Gasteiger charge is 2.39. The Morgan fingerprint density at radius 3 is 2.90 bits per heavy atom. The highest BCUT2D eigenvalue weighted by atomic mass is 19.1. The normalized spacial score (nSPS) is 23.5. The maximum Gasteiger partial charge on any atom is 0.252 e. The predicted octanol–water partition coefficient (Wildman–Crippen LogP) is 2.90. The van der Waals surface area contributed by atoms with Crippen LogP contribution in [0.2, 0.25) is 0 Å². The Bertz CT molecular complexity index is 1130. The van der Waals surface area contributed by atoms with Gasteiger partial charge in [0, 0.05) is 18.2 Å². The smallest absolute Gasteiger partial charge is 0.252 e. The number of aromatic amines is 1. The molecule has 4 N–H and O–H groups in total. The summed E-state index contributed by atoms with van der Waals surface area (Å²) in [6, 6.07) is 5.83. The lowest BCUT2D eigenvalue weighted by Gasteiger charge is -2.40. The number of aryl methyl sites for hydroxylation is 1. The number of aromatic hydroxyl groups is 1. The van der Waals surface area contributed by atoms with Gasteiger partial charge in [-0.25, -0.2) is 9.37 Å². The Kier molecular flexibility index (Phi) is 4.66. The number of aromatic nitrogens is 3. The van der Waals surface area contributed by atoms with Crippen LogP contribution in [0.15, 0.2) is 24.3 Å². The van der Waals surface area contributed by atoms with Gasteiger partial charge in [-0.3, -0.25) is 9.89 Å². The highest BCUT2D eigenvalue weighted by Crippen LogP contribution is 2.40. The molecule has 1 saturated heterocycles. The molecule has 0 bridgehead atoms. The number of nitrogens with zero attached hydrogens (tertiary/aromatic N) is 2. The lowest BCUT2D eigenvalue weighted by atomic mass is 9.69. The molecule has 2 fully saturated rings. The molecule has 1 aromatic carbocycles. The van der Waals surface area contributed by atoms with Crippen LogP contribution in [0.1, 0.15) is 35.3 Å². The summed E-state index contributed by atoms with van der Waals surface area (Å²) < 4.78 is 13.9. The second-order valence-corrected chi connectivity index (χ2v) is 8.33. The number of phenolic OH excluding ortho intramolecular Hbond substituents is 1. The fourth-order valence-corrected chi connectivity index (χ4v) is 4.76. The molecule has 1 aliphatic heterocycles. The lowest BCUT2D eigenvalue weighted by molar-refractivity contribution is 0.0849. The number of pyridine rings is 1. The van der Waals surface area contributed by atoms with Crippen molar-refractivity contribution in [2.24, 2.45) is 11.8 Å². The number of hydrogen-bond acceptors (Lipinski definition) is 5. The summed E-state index contributed by atoms with van der Waals surface area (Å²) in [5.74, 6) is -0.147. The SMILES string of the molecule is Cc1n[nH]c2nc(-c3ccc(O)c(F)c3)cc(C(=O)NC3CNCCC4CCC43)c12. The number of phenols is 1. The molecule has 2 aromatic heterocycles. The zero-order chi connectivity index (χ0) is 20.8. The van der Waals surface area contributed by atoms with E-state index >= 15 is 0 Å². The van der Waals surface area contributed by atoms with E-state index in [4.69, 9.17) is 0 Å². The van der Waals surface area contributed by atoms with Crippen LogP contribution in [0.3, 0.4) is 0 Å². The first kappa shape index (κ1) is 19.0. The number of H-pyrrole nitrogens is 1. The number of nitrogens with one attached hydrogen (secondary N) is 3. The number of carbonyl (C=O) groups excluding carboxylic acids is 1. The molecule has 8 heteroatoms. The molecule has 0 radical (unpaired) electrons. The van der Waals surface area contributed by atoms with Crippen molar-refractivity contribution in [3.63, 3.8) is 0 Å². The number of amides is 1. The van der Waals surface area contributed by atoms with Crippen molar-refractivity contribution < 1.29 is 14.3 Å². The fraction of sp³-hybridized carbons (Fsp3) is 0.409. The van der Waals surface area contributed by atoms with E-state index in [1.54, 1.807) is 12.1 Å². The van der Waals surface area contributed by atoms with Crippen LogP contribution in [0.5, 0.6) is 5.75 Å². The van der Waals surface area contributed by atoms with Crippen molar-refractivity contribution in [1.82, 2.24) is 25.8 Å². The standard InChI is InChI=1S/C22H24FN5O2/c1-11-20-15(22(30)26-18-10-24-7-6-12-2-4-14(12)18)9-17(25-21(20)28-27-11)13-3-5-19(29)16(23)8-13/h3,5,8-9,12,14,18,24,29H,2,4,6-7,10H2,1H3,(H,26,30)(H,25,27,28). The lowest BCUT2D eigenvalue weighted by Crippen LogP contribution is -2.49.